The van der Waals surface area contributed by atoms with Gasteiger partial charge in [-0.1, -0.05) is 29.8 Å². The van der Waals surface area contributed by atoms with Gasteiger partial charge in [-0.15, -0.1) is 0 Å². The summed E-state index contributed by atoms with van der Waals surface area (Å²) >= 11 is 6.19. The fourth-order valence-corrected chi connectivity index (χ4v) is 2.73. The molecule has 1 aliphatic carbocycles. The Morgan fingerprint density at radius 1 is 1.30 bits per heavy atom. The monoisotopic (exact) mass is 338 g/mol. The zero-order chi connectivity index (χ0) is 17.1. The Morgan fingerprint density at radius 2 is 1.91 bits per heavy atom. The summed E-state index contributed by atoms with van der Waals surface area (Å²) < 4.78 is 0. The smallest absolute Gasteiger partial charge is 0.248 e. The van der Waals surface area contributed by atoms with E-state index < -0.39 is 12.1 Å². The van der Waals surface area contributed by atoms with Crippen molar-refractivity contribution in [2.45, 2.75) is 44.9 Å². The normalized spacial score (nSPS) is 18.0. The van der Waals surface area contributed by atoms with Crippen LogP contribution >= 0.6 is 11.6 Å². The molecular formula is C17H23ClN2O3. The van der Waals surface area contributed by atoms with Crippen LogP contribution in [0.5, 0.6) is 0 Å². The largest absolute Gasteiger partial charge is 0.391 e. The highest BCUT2D eigenvalue weighted by molar-refractivity contribution is 6.31. The molecule has 0 aliphatic heterocycles. The number of rotatable bonds is 6. The number of halogens is 1. The van der Waals surface area contributed by atoms with Gasteiger partial charge in [0.25, 0.3) is 0 Å². The fraction of sp³-hybridized carbons (Fsp3) is 0.529. The second-order valence-corrected chi connectivity index (χ2v) is 6.55. The van der Waals surface area contributed by atoms with Gasteiger partial charge in [0, 0.05) is 18.0 Å². The van der Waals surface area contributed by atoms with Crippen molar-refractivity contribution in [1.82, 2.24) is 10.2 Å². The first-order valence-electron chi connectivity index (χ1n) is 7.82. The SMILES string of the molecule is CC(O)C(NC(=O)C1CC1)C(=O)N(C)C(C)c1ccccc1Cl. The number of carbonyl (C=O) groups excluding carboxylic acids is 2. The van der Waals surface area contributed by atoms with Crippen LogP contribution in [-0.2, 0) is 9.59 Å². The number of nitrogens with zero attached hydrogens (tertiary/aromatic N) is 1. The molecule has 0 radical (unpaired) electrons. The van der Waals surface area contributed by atoms with Crippen LogP contribution in [0.2, 0.25) is 5.02 Å². The van der Waals surface area contributed by atoms with Crippen molar-refractivity contribution in [2.75, 3.05) is 7.05 Å². The lowest BCUT2D eigenvalue weighted by Crippen LogP contribution is -2.53. The average Bonchev–Trinajstić information content (AvgIpc) is 3.35. The zero-order valence-corrected chi connectivity index (χ0v) is 14.4. The van der Waals surface area contributed by atoms with Crippen LogP contribution in [-0.4, -0.2) is 41.0 Å². The summed E-state index contributed by atoms with van der Waals surface area (Å²) in [6.07, 6.45) is 0.725. The van der Waals surface area contributed by atoms with Crippen LogP contribution < -0.4 is 5.32 Å². The van der Waals surface area contributed by atoms with Crippen molar-refractivity contribution in [3.8, 4) is 0 Å². The maximum Gasteiger partial charge on any atom is 0.248 e. The predicted molar refractivity (Wildman–Crippen MR) is 89.0 cm³/mol. The third-order valence-corrected chi connectivity index (χ3v) is 4.62. The number of hydrogen-bond donors (Lipinski definition) is 2. The van der Waals surface area contributed by atoms with E-state index >= 15 is 0 Å². The number of benzene rings is 1. The van der Waals surface area contributed by atoms with Crippen LogP contribution in [0.15, 0.2) is 24.3 Å². The molecule has 126 valence electrons. The van der Waals surface area contributed by atoms with Crippen molar-refractivity contribution in [2.24, 2.45) is 5.92 Å². The molecule has 0 spiro atoms. The van der Waals surface area contributed by atoms with Gasteiger partial charge in [-0.2, -0.15) is 0 Å². The Morgan fingerprint density at radius 3 is 2.43 bits per heavy atom. The molecule has 1 aromatic rings. The van der Waals surface area contributed by atoms with E-state index in [1.54, 1.807) is 13.1 Å². The van der Waals surface area contributed by atoms with Gasteiger partial charge >= 0.3 is 0 Å². The van der Waals surface area contributed by atoms with Crippen LogP contribution in [0.3, 0.4) is 0 Å². The second kappa shape index (κ2) is 7.32. The number of nitrogens with one attached hydrogen (secondary N) is 1. The standard InChI is InChI=1S/C17H23ClN2O3/c1-10(13-6-4-5-7-14(13)18)20(3)17(23)15(11(2)21)19-16(22)12-8-9-12/h4-7,10-12,15,21H,8-9H2,1-3H3,(H,19,22). The minimum absolute atomic E-state index is 0.0182. The molecule has 1 saturated carbocycles. The van der Waals surface area contributed by atoms with Crippen molar-refractivity contribution in [3.63, 3.8) is 0 Å². The third kappa shape index (κ3) is 4.24. The Bertz CT molecular complexity index is 587. The second-order valence-electron chi connectivity index (χ2n) is 6.15. The average molecular weight is 339 g/mol. The van der Waals surface area contributed by atoms with Crippen molar-refractivity contribution < 1.29 is 14.7 Å². The lowest BCUT2D eigenvalue weighted by molar-refractivity contribution is -0.140. The number of carbonyl (C=O) groups is 2. The van der Waals surface area contributed by atoms with E-state index in [-0.39, 0.29) is 23.8 Å². The van der Waals surface area contributed by atoms with Crippen molar-refractivity contribution in [3.05, 3.63) is 34.9 Å². The first-order chi connectivity index (χ1) is 10.8. The minimum atomic E-state index is -0.967. The highest BCUT2D eigenvalue weighted by atomic mass is 35.5. The van der Waals surface area contributed by atoms with Gasteiger partial charge in [-0.3, -0.25) is 9.59 Å². The molecule has 23 heavy (non-hydrogen) atoms. The summed E-state index contributed by atoms with van der Waals surface area (Å²) in [4.78, 5) is 26.1. The van der Waals surface area contributed by atoms with Crippen LogP contribution in [0.4, 0.5) is 0 Å². The molecule has 0 heterocycles. The van der Waals surface area contributed by atoms with Crippen molar-refractivity contribution in [1.29, 1.82) is 0 Å². The molecule has 6 heteroatoms. The Balaban J connectivity index is 2.11. The number of amides is 2. The van der Waals surface area contributed by atoms with Gasteiger partial charge in [-0.25, -0.2) is 0 Å². The van der Waals surface area contributed by atoms with E-state index in [0.717, 1.165) is 18.4 Å². The predicted octanol–water partition coefficient (Wildman–Crippen LogP) is 2.13. The number of likely N-dealkylation sites (N-methyl/N-ethyl adjacent to an activating group) is 1. The van der Waals surface area contributed by atoms with E-state index in [4.69, 9.17) is 11.6 Å². The molecule has 1 aliphatic rings. The lowest BCUT2D eigenvalue weighted by Gasteiger charge is -2.31. The first kappa shape index (κ1) is 17.8. The molecule has 3 atom stereocenters. The summed E-state index contributed by atoms with van der Waals surface area (Å²) in [6.45, 7) is 3.37. The van der Waals surface area contributed by atoms with Gasteiger partial charge in [0.2, 0.25) is 11.8 Å². The summed E-state index contributed by atoms with van der Waals surface area (Å²) in [5, 5.41) is 13.1. The maximum atomic E-state index is 12.7. The van der Waals surface area contributed by atoms with E-state index in [1.807, 2.05) is 25.1 Å². The van der Waals surface area contributed by atoms with Gasteiger partial charge in [0.1, 0.15) is 6.04 Å². The molecule has 3 unspecified atom stereocenters. The Hall–Kier alpha value is -1.59. The fourth-order valence-electron chi connectivity index (χ4n) is 2.44. The maximum absolute atomic E-state index is 12.7. The van der Waals surface area contributed by atoms with E-state index in [2.05, 4.69) is 5.32 Å². The summed E-state index contributed by atoms with van der Waals surface area (Å²) in [5.41, 5.74) is 0.822. The minimum Gasteiger partial charge on any atom is -0.391 e. The highest BCUT2D eigenvalue weighted by Gasteiger charge is 2.36. The van der Waals surface area contributed by atoms with E-state index in [0.29, 0.717) is 5.02 Å². The van der Waals surface area contributed by atoms with Crippen LogP contribution in [0.1, 0.15) is 38.3 Å². The van der Waals surface area contributed by atoms with Gasteiger partial charge in [0.05, 0.1) is 12.1 Å². The topological polar surface area (TPSA) is 69.6 Å². The number of aliphatic hydroxyl groups is 1. The van der Waals surface area contributed by atoms with Gasteiger partial charge in [-0.05, 0) is 38.3 Å². The highest BCUT2D eigenvalue weighted by Crippen LogP contribution is 2.30. The molecule has 1 fully saturated rings. The van der Waals surface area contributed by atoms with Gasteiger partial charge in [0.15, 0.2) is 0 Å². The quantitative estimate of drug-likeness (QED) is 0.835. The molecule has 2 N–H and O–H groups in total. The molecule has 1 aromatic carbocycles. The summed E-state index contributed by atoms with van der Waals surface area (Å²) in [7, 11) is 1.65. The summed E-state index contributed by atoms with van der Waals surface area (Å²) in [6, 6.07) is 6.10. The third-order valence-electron chi connectivity index (χ3n) is 4.28. The van der Waals surface area contributed by atoms with Crippen LogP contribution in [0.25, 0.3) is 0 Å². The number of hydrogen-bond acceptors (Lipinski definition) is 3. The first-order valence-corrected chi connectivity index (χ1v) is 8.20. The van der Waals surface area contributed by atoms with Crippen molar-refractivity contribution >= 4 is 23.4 Å². The molecule has 2 rings (SSSR count). The van der Waals surface area contributed by atoms with Gasteiger partial charge < -0.3 is 15.3 Å². The zero-order valence-electron chi connectivity index (χ0n) is 13.6. The Kier molecular flexibility index (Phi) is 5.65. The summed E-state index contributed by atoms with van der Waals surface area (Å²) in [5.74, 6) is -0.514. The number of aliphatic hydroxyl groups excluding tert-OH is 1. The molecule has 0 bridgehead atoms. The molecule has 0 aromatic heterocycles. The molecule has 0 saturated heterocycles. The van der Waals surface area contributed by atoms with E-state index in [1.165, 1.54) is 11.8 Å². The lowest BCUT2D eigenvalue weighted by atomic mass is 10.0. The molecule has 2 amide bonds. The molecular weight excluding hydrogens is 316 g/mol. The van der Waals surface area contributed by atoms with E-state index in [9.17, 15) is 14.7 Å². The van der Waals surface area contributed by atoms with Crippen LogP contribution in [0, 0.1) is 5.92 Å². The Labute approximate surface area is 141 Å². The molecule has 5 nitrogen and oxygen atoms in total.